The first kappa shape index (κ1) is 47.3. The molecule has 18 atom stereocenters. The molecular weight excluding hydrogens is 766 g/mol. The van der Waals surface area contributed by atoms with Crippen LogP contribution in [-0.2, 0) is 54.0 Å². The minimum Gasteiger partial charge on any atom is -0.459 e. The number of hydrogen-bond donors (Lipinski definition) is 3. The molecule has 0 aliphatic carbocycles. The average Bonchev–Trinajstić information content (AvgIpc) is 3.51. The van der Waals surface area contributed by atoms with Gasteiger partial charge in [-0.2, -0.15) is 0 Å². The fraction of sp³-hybridized carbons (Fsp3) is 0.795. The number of esters is 1. The second-order valence-corrected chi connectivity index (χ2v) is 18.1. The molecule has 4 aliphatic rings. The normalized spacial score (nSPS) is 45.3. The lowest BCUT2D eigenvalue weighted by atomic mass is 9.74. The Labute approximate surface area is 349 Å². The van der Waals surface area contributed by atoms with E-state index in [1.54, 1.807) is 53.4 Å². The van der Waals surface area contributed by atoms with Crippen molar-refractivity contribution in [2.75, 3.05) is 14.2 Å². The van der Waals surface area contributed by atoms with Crippen molar-refractivity contribution in [1.29, 1.82) is 0 Å². The zero-order valence-corrected chi connectivity index (χ0v) is 36.9. The molecule has 4 saturated heterocycles. The third kappa shape index (κ3) is 9.68. The van der Waals surface area contributed by atoms with E-state index in [4.69, 9.17) is 37.9 Å². The van der Waals surface area contributed by atoms with Gasteiger partial charge in [0.15, 0.2) is 18.7 Å². The van der Waals surface area contributed by atoms with Crippen LogP contribution in [0.1, 0.15) is 100 Å². The van der Waals surface area contributed by atoms with Crippen LogP contribution in [0.25, 0.3) is 0 Å². The number of cyclic esters (lactones) is 1. The van der Waals surface area contributed by atoms with Crippen LogP contribution in [0, 0.1) is 23.7 Å². The first-order chi connectivity index (χ1) is 27.6. The molecule has 15 heteroatoms. The predicted octanol–water partition coefficient (Wildman–Crippen LogP) is 4.54. The smallest absolute Gasteiger partial charge is 0.410 e. The topological polar surface area (TPSA) is 189 Å². The zero-order valence-electron chi connectivity index (χ0n) is 36.9. The van der Waals surface area contributed by atoms with Gasteiger partial charge < -0.3 is 53.2 Å². The van der Waals surface area contributed by atoms with Crippen LogP contribution >= 0.6 is 0 Å². The number of hydrogen-bond acceptors (Lipinski definition) is 14. The van der Waals surface area contributed by atoms with Crippen LogP contribution in [-0.4, -0.2) is 137 Å². The number of methoxy groups -OCH3 is 2. The number of carbonyl (C=O) groups excluding carboxylic acids is 3. The molecule has 0 saturated carbocycles. The van der Waals surface area contributed by atoms with E-state index in [0.29, 0.717) is 13.0 Å². The lowest BCUT2D eigenvalue weighted by molar-refractivity contribution is -0.315. The van der Waals surface area contributed by atoms with E-state index >= 15 is 0 Å². The summed E-state index contributed by atoms with van der Waals surface area (Å²) >= 11 is 0. The van der Waals surface area contributed by atoms with Crippen LogP contribution in [0.5, 0.6) is 0 Å². The van der Waals surface area contributed by atoms with Crippen LogP contribution in [0.15, 0.2) is 30.3 Å². The van der Waals surface area contributed by atoms with Crippen molar-refractivity contribution < 1.29 is 67.6 Å². The van der Waals surface area contributed by atoms with Gasteiger partial charge in [-0.25, -0.2) is 4.79 Å². The van der Waals surface area contributed by atoms with Gasteiger partial charge in [0.2, 0.25) is 0 Å². The van der Waals surface area contributed by atoms with Crippen LogP contribution < -0.4 is 0 Å². The molecule has 3 N–H and O–H groups in total. The first-order valence-electron chi connectivity index (χ1n) is 21.2. The quantitative estimate of drug-likeness (QED) is 0.294. The van der Waals surface area contributed by atoms with E-state index in [1.165, 1.54) is 21.1 Å². The molecule has 0 unspecified atom stereocenters. The molecule has 59 heavy (non-hydrogen) atoms. The van der Waals surface area contributed by atoms with Crippen molar-refractivity contribution in [3.05, 3.63) is 35.9 Å². The Morgan fingerprint density at radius 1 is 0.831 bits per heavy atom. The fourth-order valence-electron chi connectivity index (χ4n) is 9.78. The molecule has 4 aliphatic heterocycles. The molecule has 1 aromatic rings. The van der Waals surface area contributed by atoms with E-state index in [2.05, 4.69) is 0 Å². The fourth-order valence-corrected chi connectivity index (χ4v) is 9.78. The summed E-state index contributed by atoms with van der Waals surface area (Å²) in [5, 5.41) is 34.3. The van der Waals surface area contributed by atoms with Gasteiger partial charge in [0.25, 0.3) is 0 Å². The first-order valence-corrected chi connectivity index (χ1v) is 21.2. The largest absolute Gasteiger partial charge is 0.459 e. The van der Waals surface area contributed by atoms with Gasteiger partial charge in [-0.1, -0.05) is 58.0 Å². The van der Waals surface area contributed by atoms with Crippen molar-refractivity contribution in [2.45, 2.75) is 186 Å². The number of ketones is 1. The third-order valence-corrected chi connectivity index (χ3v) is 13.6. The highest BCUT2D eigenvalue weighted by Gasteiger charge is 2.56. The molecule has 0 aromatic heterocycles. The van der Waals surface area contributed by atoms with E-state index < -0.39 is 114 Å². The predicted molar refractivity (Wildman–Crippen MR) is 214 cm³/mol. The third-order valence-electron chi connectivity index (χ3n) is 13.6. The number of amides is 1. The SMILES string of the molecule is CC[C@H]1OC(=O)[C@H](C)[C@@H](O[C@H]2C[C@@](C)(OC)[C@@H](O)[C@H](C)O2)[C@H](C)[C@@H](O[C@@H]2O[C@H](C)C[C@H]3[C@H]2OC(=O)N3Cc2ccccc2)[C@](C)(OC)C[C@@H](C)C(=O)[C@H](C)[C@@H](O)[C@]1(C)O. The van der Waals surface area contributed by atoms with Crippen LogP contribution in [0.4, 0.5) is 4.79 Å². The summed E-state index contributed by atoms with van der Waals surface area (Å²) in [5.41, 5.74) is -3.40. The minimum absolute atomic E-state index is 0.0838. The summed E-state index contributed by atoms with van der Waals surface area (Å²) in [6.45, 7) is 17.4. The molecule has 15 nitrogen and oxygen atoms in total. The Morgan fingerprint density at radius 3 is 2.08 bits per heavy atom. The Morgan fingerprint density at radius 2 is 1.47 bits per heavy atom. The van der Waals surface area contributed by atoms with Crippen molar-refractivity contribution >= 4 is 17.8 Å². The number of fused-ring (bicyclic) bond motifs is 1. The number of aliphatic hydroxyl groups excluding tert-OH is 2. The number of Topliss-reactive ketones (excluding diaryl/α,β-unsaturated/α-hetero) is 1. The summed E-state index contributed by atoms with van der Waals surface area (Å²) in [6, 6.07) is 9.24. The molecule has 4 heterocycles. The molecule has 5 rings (SSSR count). The maximum absolute atomic E-state index is 14.4. The zero-order chi connectivity index (χ0) is 43.8. The van der Waals surface area contributed by atoms with Crippen molar-refractivity contribution in [3.63, 3.8) is 0 Å². The highest BCUT2D eigenvalue weighted by molar-refractivity contribution is 5.83. The number of carbonyl (C=O) groups is 3. The molecule has 4 fully saturated rings. The summed E-state index contributed by atoms with van der Waals surface area (Å²) in [5.74, 6) is -4.63. The lowest BCUT2D eigenvalue weighted by Gasteiger charge is -2.49. The van der Waals surface area contributed by atoms with E-state index in [0.717, 1.165) is 5.56 Å². The summed E-state index contributed by atoms with van der Waals surface area (Å²) < 4.78 is 50.7. The van der Waals surface area contributed by atoms with Crippen LogP contribution in [0.3, 0.4) is 0 Å². The Balaban J connectivity index is 1.60. The molecule has 0 spiro atoms. The van der Waals surface area contributed by atoms with Crippen LogP contribution in [0.2, 0.25) is 0 Å². The standard InChI is InChI=1S/C44H69NO14/c1-13-31-44(10,51)36(47)25(4)33(46)23(2)20-43(9,53-12)38(26(5)34(27(6)39(49)56-31)57-32-21-42(8,52-11)37(48)28(7)55-32)59-40-35-30(19-24(3)54-40)45(41(50)58-35)22-29-17-15-14-16-18-29/h14-18,23-28,30-32,34-38,40,47-48,51H,13,19-22H2,1-12H3/t23-,24-,25+,26+,27-,28+,30+,31-,32+,34+,35-,36-,37+,38-,40+,42-,43-,44-/m1/s1. The van der Waals surface area contributed by atoms with Gasteiger partial charge in [-0.3, -0.25) is 14.5 Å². The van der Waals surface area contributed by atoms with E-state index in [1.807, 2.05) is 44.2 Å². The van der Waals surface area contributed by atoms with E-state index in [-0.39, 0.29) is 31.1 Å². The molecule has 0 radical (unpaired) electrons. The number of nitrogens with zero attached hydrogens (tertiary/aromatic N) is 1. The van der Waals surface area contributed by atoms with Crippen molar-refractivity contribution in [1.82, 2.24) is 4.90 Å². The molecular formula is C44H69NO14. The lowest BCUT2D eigenvalue weighted by Crippen LogP contribution is -2.61. The second-order valence-electron chi connectivity index (χ2n) is 18.1. The Bertz CT molecular complexity index is 1600. The Kier molecular flexibility index (Phi) is 15.0. The second kappa shape index (κ2) is 18.7. The number of rotatable bonds is 9. The highest BCUT2D eigenvalue weighted by Crippen LogP contribution is 2.43. The minimum atomic E-state index is -1.99. The summed E-state index contributed by atoms with van der Waals surface area (Å²) in [6.07, 6.45) is -9.43. The molecule has 1 amide bonds. The van der Waals surface area contributed by atoms with Gasteiger partial charge >= 0.3 is 12.1 Å². The average molecular weight is 836 g/mol. The molecule has 1 aromatic carbocycles. The number of ether oxygens (including phenoxy) is 8. The monoisotopic (exact) mass is 835 g/mol. The van der Waals surface area contributed by atoms with Gasteiger partial charge in [-0.05, 0) is 66.4 Å². The molecule has 334 valence electrons. The van der Waals surface area contributed by atoms with E-state index in [9.17, 15) is 29.7 Å². The van der Waals surface area contributed by atoms with Gasteiger partial charge in [-0.15, -0.1) is 0 Å². The summed E-state index contributed by atoms with van der Waals surface area (Å²) in [4.78, 5) is 43.8. The summed E-state index contributed by atoms with van der Waals surface area (Å²) in [7, 11) is 3.01. The maximum atomic E-state index is 14.4. The molecule has 0 bridgehead atoms. The van der Waals surface area contributed by atoms with Gasteiger partial charge in [0.05, 0.1) is 53.7 Å². The number of benzene rings is 1. The van der Waals surface area contributed by atoms with Crippen molar-refractivity contribution in [3.8, 4) is 0 Å². The van der Waals surface area contributed by atoms with Gasteiger partial charge in [0.1, 0.15) is 23.6 Å². The number of aliphatic hydroxyl groups is 3. The Hall–Kier alpha value is -2.73. The highest BCUT2D eigenvalue weighted by atomic mass is 16.7. The maximum Gasteiger partial charge on any atom is 0.410 e. The van der Waals surface area contributed by atoms with Crippen molar-refractivity contribution in [2.24, 2.45) is 23.7 Å². The van der Waals surface area contributed by atoms with Gasteiger partial charge in [0, 0.05) is 44.9 Å².